The van der Waals surface area contributed by atoms with Crippen LogP contribution in [0.25, 0.3) is 22.0 Å². The molecule has 0 atom stereocenters. The van der Waals surface area contributed by atoms with E-state index < -0.39 is 31.1 Å². The molecule has 1 aliphatic rings. The molecule has 0 saturated heterocycles. The Bertz CT molecular complexity index is 2760. The summed E-state index contributed by atoms with van der Waals surface area (Å²) >= 11 is 0. The second-order valence-corrected chi connectivity index (χ2v) is 14.3. The van der Waals surface area contributed by atoms with Crippen molar-refractivity contribution < 1.29 is 35.3 Å². The van der Waals surface area contributed by atoms with E-state index in [0.717, 1.165) is 0 Å². The molecule has 0 saturated carbocycles. The van der Waals surface area contributed by atoms with Crippen LogP contribution in [0.3, 0.4) is 0 Å². The number of hydrogen-bond donors (Lipinski definition) is 6. The Morgan fingerprint density at radius 2 is 1.37 bits per heavy atom. The van der Waals surface area contributed by atoms with Crippen LogP contribution < -0.4 is 33.3 Å². The number of hydrogen-bond acceptors (Lipinski definition) is 17. The van der Waals surface area contributed by atoms with Crippen LogP contribution in [-0.4, -0.2) is 47.2 Å². The smallest absolute Gasteiger partial charge is 0.320 e. The normalized spacial score (nSPS) is 12.4. The number of anilines is 6. The monoisotopic (exact) mass is 743 g/mol. The Morgan fingerprint density at radius 1 is 0.692 bits per heavy atom. The number of carbonyl (C=O) groups is 1. The fourth-order valence-electron chi connectivity index (χ4n) is 5.80. The Balaban J connectivity index is 1.29. The molecule has 18 nitrogen and oxygen atoms in total. The minimum absolute atomic E-state index is 0.0825. The van der Waals surface area contributed by atoms with Gasteiger partial charge in [0.25, 0.3) is 5.56 Å². The number of ketones is 1. The minimum Gasteiger partial charge on any atom is -0.479 e. The van der Waals surface area contributed by atoms with Gasteiger partial charge in [0, 0.05) is 35.4 Å². The molecule has 0 unspecified atom stereocenters. The summed E-state index contributed by atoms with van der Waals surface area (Å²) in [5.74, 6) is 9.24. The predicted molar refractivity (Wildman–Crippen MR) is 187 cm³/mol. The van der Waals surface area contributed by atoms with Crippen LogP contribution in [0.15, 0.2) is 99.5 Å². The maximum absolute atomic E-state index is 14.0. The molecule has 0 spiro atoms. The third kappa shape index (κ3) is 6.06. The SMILES string of the molecule is Cn1c(=O)cc2c3c(c(Nc4cc(Nc5nc(O)nc(Nc6cccc(S(=O)(=O)ON)c6)n5)ccc4S(=O)(=O)ON)ccc31)C(=O)c1ccccc1-2. The first kappa shape index (κ1) is 34.2. The lowest BCUT2D eigenvalue weighted by Crippen LogP contribution is -2.21. The first-order chi connectivity index (χ1) is 24.8. The zero-order valence-electron chi connectivity index (χ0n) is 26.6. The topological polar surface area (TPSA) is 273 Å². The van der Waals surface area contributed by atoms with Gasteiger partial charge in [-0.15, -0.1) is 0 Å². The summed E-state index contributed by atoms with van der Waals surface area (Å²) in [5.41, 5.74) is 2.40. The molecule has 7 rings (SSSR count). The molecule has 6 aromatic rings. The standard InChI is InChI=1S/C32H25N9O9S2/c1-41-24-11-10-22(28-27(24)21(15-26(41)42)19-7-2-3-8-20(19)29(28)43)37-23-14-17(9-12-25(23)52(47,48)50-34)36-31-38-30(39-32(44)40-31)35-16-5-4-6-18(13-16)51(45,46)49-33/h2-15,37H,33-34H2,1H3,(H3,35,36,38,39,40,44). The Hall–Kier alpha value is -6.29. The Kier molecular flexibility index (Phi) is 8.41. The van der Waals surface area contributed by atoms with E-state index in [2.05, 4.69) is 39.5 Å². The number of aryl methyl sites for hydroxylation is 1. The van der Waals surface area contributed by atoms with Gasteiger partial charge in [-0.25, -0.2) is 0 Å². The van der Waals surface area contributed by atoms with Crippen molar-refractivity contribution >= 4 is 71.6 Å². The van der Waals surface area contributed by atoms with Crippen molar-refractivity contribution in [3.05, 3.63) is 106 Å². The summed E-state index contributed by atoms with van der Waals surface area (Å²) in [6, 6.07) is 20.0. The van der Waals surface area contributed by atoms with Crippen LogP contribution in [0.2, 0.25) is 0 Å². The van der Waals surface area contributed by atoms with Gasteiger partial charge in [0.15, 0.2) is 5.78 Å². The van der Waals surface area contributed by atoms with Crippen LogP contribution in [-0.2, 0) is 35.9 Å². The highest BCUT2D eigenvalue weighted by Gasteiger charge is 2.30. The third-order valence-electron chi connectivity index (χ3n) is 8.13. The van der Waals surface area contributed by atoms with Gasteiger partial charge >= 0.3 is 26.2 Å². The molecule has 8 N–H and O–H groups in total. The van der Waals surface area contributed by atoms with Crippen molar-refractivity contribution in [2.75, 3.05) is 16.0 Å². The molecule has 2 aromatic heterocycles. The molecule has 0 radical (unpaired) electrons. The van der Waals surface area contributed by atoms with Crippen molar-refractivity contribution in [1.29, 1.82) is 0 Å². The number of pyridine rings is 1. The number of benzene rings is 4. The number of nitrogens with one attached hydrogen (secondary N) is 3. The fourth-order valence-corrected chi connectivity index (χ4v) is 7.14. The van der Waals surface area contributed by atoms with Gasteiger partial charge in [0.05, 0.1) is 27.4 Å². The van der Waals surface area contributed by atoms with E-state index in [-0.39, 0.29) is 56.4 Å². The van der Waals surface area contributed by atoms with Crippen molar-refractivity contribution in [3.8, 4) is 17.1 Å². The lowest BCUT2D eigenvalue weighted by Gasteiger charge is -2.24. The molecule has 0 bridgehead atoms. The van der Waals surface area contributed by atoms with E-state index in [9.17, 15) is 31.5 Å². The number of rotatable bonds is 10. The molecule has 4 aromatic carbocycles. The summed E-state index contributed by atoms with van der Waals surface area (Å²) in [6.07, 6.45) is 0. The van der Waals surface area contributed by atoms with Crippen molar-refractivity contribution in [1.82, 2.24) is 19.5 Å². The summed E-state index contributed by atoms with van der Waals surface area (Å²) in [6.45, 7) is 0. The summed E-state index contributed by atoms with van der Waals surface area (Å²) in [7, 11) is -7.17. The molecular weight excluding hydrogens is 719 g/mol. The third-order valence-corrected chi connectivity index (χ3v) is 10.4. The lowest BCUT2D eigenvalue weighted by atomic mass is 9.83. The van der Waals surface area contributed by atoms with Gasteiger partial charge in [-0.05, 0) is 59.7 Å². The molecule has 0 amide bonds. The second-order valence-electron chi connectivity index (χ2n) is 11.2. The molecule has 0 fully saturated rings. The summed E-state index contributed by atoms with van der Waals surface area (Å²) in [4.78, 5) is 38.1. The molecule has 20 heteroatoms. The number of nitrogens with two attached hydrogens (primary N) is 2. The maximum atomic E-state index is 14.0. The molecule has 52 heavy (non-hydrogen) atoms. The Labute approximate surface area is 293 Å². The molecule has 1 aliphatic carbocycles. The van der Waals surface area contributed by atoms with Crippen LogP contribution in [0.4, 0.5) is 34.6 Å². The van der Waals surface area contributed by atoms with E-state index >= 15 is 0 Å². The van der Waals surface area contributed by atoms with Gasteiger partial charge < -0.3 is 25.6 Å². The number of nitrogens with zero attached hydrogens (tertiary/aromatic N) is 4. The average molecular weight is 744 g/mol. The number of aromatic hydroxyl groups is 1. The van der Waals surface area contributed by atoms with Gasteiger partial charge in [-0.3, -0.25) is 9.59 Å². The second kappa shape index (κ2) is 12.8. The van der Waals surface area contributed by atoms with E-state index in [1.807, 2.05) is 0 Å². The van der Waals surface area contributed by atoms with Crippen LogP contribution in [0.5, 0.6) is 6.01 Å². The highest BCUT2D eigenvalue weighted by atomic mass is 32.2. The number of aromatic nitrogens is 4. The largest absolute Gasteiger partial charge is 0.479 e. The van der Waals surface area contributed by atoms with Crippen molar-refractivity contribution in [2.24, 2.45) is 18.8 Å². The van der Waals surface area contributed by atoms with Crippen LogP contribution in [0.1, 0.15) is 15.9 Å². The van der Waals surface area contributed by atoms with Crippen molar-refractivity contribution in [2.45, 2.75) is 9.79 Å². The maximum Gasteiger partial charge on any atom is 0.320 e. The van der Waals surface area contributed by atoms with Crippen LogP contribution in [0, 0.1) is 0 Å². The zero-order chi connectivity index (χ0) is 36.9. The predicted octanol–water partition coefficient (Wildman–Crippen LogP) is 3.03. The van der Waals surface area contributed by atoms with Gasteiger partial charge in [-0.1, -0.05) is 30.3 Å². The quantitative estimate of drug-likeness (QED) is 0.110. The molecule has 0 aliphatic heterocycles. The average Bonchev–Trinajstić information content (AvgIpc) is 3.12. The first-order valence-electron chi connectivity index (χ1n) is 14.9. The summed E-state index contributed by atoms with van der Waals surface area (Å²) < 4.78 is 59.7. The highest BCUT2D eigenvalue weighted by molar-refractivity contribution is 7.87. The zero-order valence-corrected chi connectivity index (χ0v) is 28.2. The molecule has 2 heterocycles. The number of carbonyl (C=O) groups excluding carboxylic acids is 1. The molecular formula is C32H25N9O9S2. The summed E-state index contributed by atoms with van der Waals surface area (Å²) in [5, 5.41) is 19.4. The van der Waals surface area contributed by atoms with Gasteiger partial charge in [0.2, 0.25) is 11.9 Å². The minimum atomic E-state index is -4.53. The first-order valence-corrected chi connectivity index (χ1v) is 17.7. The van der Waals surface area contributed by atoms with Gasteiger partial charge in [0.1, 0.15) is 4.90 Å². The van der Waals surface area contributed by atoms with Crippen LogP contribution >= 0.6 is 0 Å². The highest BCUT2D eigenvalue weighted by Crippen LogP contribution is 2.43. The van der Waals surface area contributed by atoms with E-state index in [0.29, 0.717) is 27.6 Å². The fraction of sp³-hybridized carbons (Fsp3) is 0.0312. The van der Waals surface area contributed by atoms with E-state index in [1.54, 1.807) is 43.4 Å². The number of fused-ring (bicyclic) bond motifs is 2. The Morgan fingerprint density at radius 3 is 2.06 bits per heavy atom. The van der Waals surface area contributed by atoms with Crippen molar-refractivity contribution in [3.63, 3.8) is 0 Å². The molecule has 264 valence electrons. The lowest BCUT2D eigenvalue weighted by molar-refractivity contribution is 0.104. The van der Waals surface area contributed by atoms with E-state index in [4.69, 9.17) is 11.8 Å². The van der Waals surface area contributed by atoms with Gasteiger partial charge in [-0.2, -0.15) is 52.1 Å². The van der Waals surface area contributed by atoms with E-state index in [1.165, 1.54) is 53.1 Å².